The Morgan fingerprint density at radius 1 is 1.23 bits per heavy atom. The molecule has 1 aliphatic heterocycles. The van der Waals surface area contributed by atoms with Crippen LogP contribution in [-0.2, 0) is 17.9 Å². The fourth-order valence-electron chi connectivity index (χ4n) is 3.41. The molecule has 1 fully saturated rings. The number of ether oxygens (including phenoxy) is 1. The molecule has 1 aliphatic rings. The summed E-state index contributed by atoms with van der Waals surface area (Å²) >= 11 is 8.13. The minimum absolute atomic E-state index is 0.216. The number of nitrogens with zero attached hydrogens (tertiary/aromatic N) is 4. The minimum atomic E-state index is -0.216. The first-order valence-electron chi connectivity index (χ1n) is 10.0. The highest BCUT2D eigenvalue weighted by Gasteiger charge is 2.20. The maximum atomic E-state index is 9.97. The summed E-state index contributed by atoms with van der Waals surface area (Å²) in [5.41, 5.74) is 9.59. The molecule has 162 valence electrons. The zero-order chi connectivity index (χ0) is 21.8. The third-order valence-electron chi connectivity index (χ3n) is 5.04. The topological polar surface area (TPSA) is 97.4 Å². The molecule has 3 heterocycles. The van der Waals surface area contributed by atoms with Gasteiger partial charge in [-0.15, -0.1) is 0 Å². The lowest BCUT2D eigenvalue weighted by atomic mass is 10.1. The molecule has 31 heavy (non-hydrogen) atoms. The van der Waals surface area contributed by atoms with Crippen LogP contribution in [0.1, 0.15) is 17.0 Å². The molecule has 0 spiro atoms. The van der Waals surface area contributed by atoms with Crippen LogP contribution in [0.25, 0.3) is 11.3 Å². The molecule has 0 atom stereocenters. The number of hydrogen-bond donors (Lipinski definition) is 2. The molecule has 0 saturated carbocycles. The lowest BCUT2D eigenvalue weighted by Crippen LogP contribution is -2.37. The molecule has 3 aromatic rings. The first-order valence-corrected chi connectivity index (χ1v) is 11.2. The Bertz CT molecular complexity index is 1080. The molecule has 1 saturated heterocycles. The van der Waals surface area contributed by atoms with Crippen molar-refractivity contribution < 1.29 is 9.84 Å². The monoisotopic (exact) mass is 457 g/mol. The van der Waals surface area contributed by atoms with E-state index in [0.29, 0.717) is 41.2 Å². The average Bonchev–Trinajstić information content (AvgIpc) is 2.82. The van der Waals surface area contributed by atoms with Crippen LogP contribution in [0.4, 0.5) is 5.82 Å². The van der Waals surface area contributed by atoms with Gasteiger partial charge in [-0.2, -0.15) is 0 Å². The lowest BCUT2D eigenvalue weighted by molar-refractivity contribution is 0.122. The van der Waals surface area contributed by atoms with Gasteiger partial charge in [-0.1, -0.05) is 41.6 Å². The van der Waals surface area contributed by atoms with E-state index in [1.807, 2.05) is 37.3 Å². The molecule has 1 aromatic carbocycles. The number of benzene rings is 1. The van der Waals surface area contributed by atoms with Crippen LogP contribution in [0.15, 0.2) is 46.5 Å². The van der Waals surface area contributed by atoms with E-state index < -0.39 is 0 Å². The molecular formula is C22H24ClN5O2S. The average molecular weight is 458 g/mol. The van der Waals surface area contributed by atoms with Crippen molar-refractivity contribution in [3.8, 4) is 11.3 Å². The molecule has 4 rings (SSSR count). The van der Waals surface area contributed by atoms with Crippen LogP contribution in [0, 0.1) is 6.92 Å². The summed E-state index contributed by atoms with van der Waals surface area (Å²) in [5.74, 6) is 0.748. The van der Waals surface area contributed by atoms with Crippen molar-refractivity contribution in [2.24, 2.45) is 5.73 Å². The number of pyridine rings is 1. The SMILES string of the molecule is Cc1nc(-c2cccc(CN)c2)c(CO)nc1Sc1ccnc(N2CCOCC2)c1Cl. The number of aliphatic hydroxyl groups excluding tert-OH is 1. The van der Waals surface area contributed by atoms with Gasteiger partial charge < -0.3 is 20.5 Å². The Kier molecular flexibility index (Phi) is 7.04. The molecule has 0 aliphatic carbocycles. The van der Waals surface area contributed by atoms with Crippen molar-refractivity contribution in [1.29, 1.82) is 0 Å². The van der Waals surface area contributed by atoms with Gasteiger partial charge in [-0.3, -0.25) is 0 Å². The number of morpholine rings is 1. The zero-order valence-corrected chi connectivity index (χ0v) is 18.8. The number of halogens is 1. The quantitative estimate of drug-likeness (QED) is 0.581. The first kappa shape index (κ1) is 22.0. The van der Waals surface area contributed by atoms with E-state index in [9.17, 15) is 5.11 Å². The second kappa shape index (κ2) is 9.93. The minimum Gasteiger partial charge on any atom is -0.390 e. The normalized spacial score (nSPS) is 14.1. The number of nitrogens with two attached hydrogens (primary N) is 1. The molecule has 7 nitrogen and oxygen atoms in total. The highest BCUT2D eigenvalue weighted by molar-refractivity contribution is 7.99. The third kappa shape index (κ3) is 4.83. The molecule has 0 unspecified atom stereocenters. The maximum absolute atomic E-state index is 9.97. The number of aliphatic hydroxyl groups is 1. The summed E-state index contributed by atoms with van der Waals surface area (Å²) in [6.45, 7) is 4.96. The van der Waals surface area contributed by atoms with Crippen LogP contribution in [0.2, 0.25) is 5.02 Å². The zero-order valence-electron chi connectivity index (χ0n) is 17.2. The number of rotatable bonds is 6. The summed E-state index contributed by atoms with van der Waals surface area (Å²) in [6.07, 6.45) is 1.75. The predicted octanol–water partition coefficient (Wildman–Crippen LogP) is 3.44. The van der Waals surface area contributed by atoms with E-state index in [1.165, 1.54) is 11.8 Å². The van der Waals surface area contributed by atoms with E-state index >= 15 is 0 Å². The van der Waals surface area contributed by atoms with Crippen LogP contribution < -0.4 is 10.6 Å². The fourth-order valence-corrected chi connectivity index (χ4v) is 4.63. The number of anilines is 1. The van der Waals surface area contributed by atoms with Gasteiger partial charge in [0.1, 0.15) is 10.8 Å². The highest BCUT2D eigenvalue weighted by atomic mass is 35.5. The van der Waals surface area contributed by atoms with Crippen LogP contribution in [0.3, 0.4) is 0 Å². The summed E-state index contributed by atoms with van der Waals surface area (Å²) in [7, 11) is 0. The second-order valence-electron chi connectivity index (χ2n) is 7.12. The van der Waals surface area contributed by atoms with Gasteiger partial charge in [-0.05, 0) is 24.6 Å². The van der Waals surface area contributed by atoms with Crippen molar-refractivity contribution in [1.82, 2.24) is 15.0 Å². The predicted molar refractivity (Wildman–Crippen MR) is 122 cm³/mol. The summed E-state index contributed by atoms with van der Waals surface area (Å²) in [4.78, 5) is 16.9. The van der Waals surface area contributed by atoms with E-state index in [4.69, 9.17) is 32.0 Å². The Morgan fingerprint density at radius 2 is 2.03 bits per heavy atom. The second-order valence-corrected chi connectivity index (χ2v) is 8.53. The van der Waals surface area contributed by atoms with Crippen LogP contribution in [-0.4, -0.2) is 46.4 Å². The smallest absolute Gasteiger partial charge is 0.148 e. The van der Waals surface area contributed by atoms with Gasteiger partial charge in [0.05, 0.1) is 41.9 Å². The molecule has 2 aromatic heterocycles. The molecule has 9 heteroatoms. The van der Waals surface area contributed by atoms with Crippen molar-refractivity contribution in [3.63, 3.8) is 0 Å². The van der Waals surface area contributed by atoms with Crippen molar-refractivity contribution in [2.75, 3.05) is 31.2 Å². The Hall–Kier alpha value is -2.23. The van der Waals surface area contributed by atoms with Gasteiger partial charge in [0, 0.05) is 36.3 Å². The van der Waals surface area contributed by atoms with E-state index in [0.717, 1.165) is 40.6 Å². The molecule has 0 radical (unpaired) electrons. The van der Waals surface area contributed by atoms with Gasteiger partial charge in [0.25, 0.3) is 0 Å². The number of aryl methyl sites for hydroxylation is 1. The molecular weight excluding hydrogens is 434 g/mol. The van der Waals surface area contributed by atoms with Crippen molar-refractivity contribution in [3.05, 3.63) is 58.5 Å². The summed E-state index contributed by atoms with van der Waals surface area (Å²) in [5, 5.41) is 11.2. The van der Waals surface area contributed by atoms with E-state index in [-0.39, 0.29) is 6.61 Å². The lowest BCUT2D eigenvalue weighted by Gasteiger charge is -2.28. The Morgan fingerprint density at radius 3 is 2.77 bits per heavy atom. The van der Waals surface area contributed by atoms with E-state index in [2.05, 4.69) is 9.88 Å². The molecule has 0 bridgehead atoms. The first-order chi connectivity index (χ1) is 15.1. The third-order valence-corrected chi connectivity index (χ3v) is 6.66. The largest absolute Gasteiger partial charge is 0.390 e. The van der Waals surface area contributed by atoms with Crippen molar-refractivity contribution in [2.45, 2.75) is 30.0 Å². The Balaban J connectivity index is 1.66. The Labute approximate surface area is 190 Å². The molecule has 3 N–H and O–H groups in total. The summed E-state index contributed by atoms with van der Waals surface area (Å²) in [6, 6.07) is 9.69. The maximum Gasteiger partial charge on any atom is 0.148 e. The van der Waals surface area contributed by atoms with Gasteiger partial charge in [-0.25, -0.2) is 15.0 Å². The number of hydrogen-bond acceptors (Lipinski definition) is 8. The van der Waals surface area contributed by atoms with Crippen molar-refractivity contribution >= 4 is 29.2 Å². The standard InChI is InChI=1S/C22H24ClN5O2S/c1-14-22(27-17(13-29)20(26-14)16-4-2-3-15(11-16)12-24)31-18-5-6-25-21(19(18)23)28-7-9-30-10-8-28/h2-6,11,29H,7-10,12-13,24H2,1H3. The van der Waals surface area contributed by atoms with Gasteiger partial charge >= 0.3 is 0 Å². The van der Waals surface area contributed by atoms with E-state index in [1.54, 1.807) is 6.20 Å². The molecule has 0 amide bonds. The van der Waals surface area contributed by atoms with Gasteiger partial charge in [0.15, 0.2) is 0 Å². The number of aromatic nitrogens is 3. The van der Waals surface area contributed by atoms with Crippen LogP contribution >= 0.6 is 23.4 Å². The van der Waals surface area contributed by atoms with Gasteiger partial charge in [0.2, 0.25) is 0 Å². The fraction of sp³-hybridized carbons (Fsp3) is 0.318. The van der Waals surface area contributed by atoms with Crippen LogP contribution in [0.5, 0.6) is 0 Å². The highest BCUT2D eigenvalue weighted by Crippen LogP contribution is 2.38. The summed E-state index contributed by atoms with van der Waals surface area (Å²) < 4.78 is 5.42.